The molecule has 0 bridgehead atoms. The van der Waals surface area contributed by atoms with Gasteiger partial charge in [-0.2, -0.15) is 0 Å². The first-order chi connectivity index (χ1) is 15.5. The van der Waals surface area contributed by atoms with Crippen LogP contribution in [0.15, 0.2) is 65.7 Å². The highest BCUT2D eigenvalue weighted by Crippen LogP contribution is 2.35. The maximum Gasteiger partial charge on any atom is 0.234 e. The zero-order valence-corrected chi connectivity index (χ0v) is 19.7. The van der Waals surface area contributed by atoms with Crippen LogP contribution in [0.1, 0.15) is 5.69 Å². The third-order valence-corrected chi connectivity index (χ3v) is 6.83. The molecule has 0 saturated heterocycles. The van der Waals surface area contributed by atoms with Crippen molar-refractivity contribution in [2.75, 3.05) is 18.2 Å². The Bertz CT molecular complexity index is 1240. The molecule has 32 heavy (non-hydrogen) atoms. The third kappa shape index (κ3) is 5.45. The molecule has 4 rings (SSSR count). The third-order valence-electron chi connectivity index (χ3n) is 4.45. The van der Waals surface area contributed by atoms with Crippen molar-refractivity contribution < 1.29 is 9.53 Å². The molecule has 0 fully saturated rings. The predicted octanol–water partition coefficient (Wildman–Crippen LogP) is 5.97. The number of carbonyl (C=O) groups is 1. The highest BCUT2D eigenvalue weighted by atomic mass is 35.5. The fourth-order valence-corrected chi connectivity index (χ4v) is 4.77. The van der Waals surface area contributed by atoms with Gasteiger partial charge >= 0.3 is 0 Å². The van der Waals surface area contributed by atoms with E-state index < -0.39 is 0 Å². The van der Waals surface area contributed by atoms with Crippen LogP contribution in [0.4, 0.5) is 5.69 Å². The maximum absolute atomic E-state index is 12.2. The van der Waals surface area contributed by atoms with Crippen LogP contribution >= 0.6 is 34.7 Å². The number of thiazole rings is 1. The van der Waals surface area contributed by atoms with Crippen LogP contribution in [0.5, 0.6) is 5.75 Å². The lowest BCUT2D eigenvalue weighted by Gasteiger charge is -2.05. The number of nitrogens with zero attached hydrogens (tertiary/aromatic N) is 3. The summed E-state index contributed by atoms with van der Waals surface area (Å²) in [7, 11) is 1.65. The monoisotopic (exact) mass is 482 g/mol. The summed E-state index contributed by atoms with van der Waals surface area (Å²) in [6.45, 7) is 1.96. The van der Waals surface area contributed by atoms with E-state index in [-0.39, 0.29) is 11.7 Å². The van der Waals surface area contributed by atoms with Gasteiger partial charge in [0.15, 0.2) is 0 Å². The second kappa shape index (κ2) is 10.1. The molecule has 0 saturated carbocycles. The van der Waals surface area contributed by atoms with Crippen LogP contribution in [0.2, 0.25) is 5.02 Å². The number of aryl methyl sites for hydroxylation is 1. The molecule has 1 amide bonds. The van der Waals surface area contributed by atoms with Gasteiger partial charge in [-0.25, -0.2) is 4.98 Å². The van der Waals surface area contributed by atoms with Crippen LogP contribution in [-0.4, -0.2) is 34.0 Å². The second-order valence-electron chi connectivity index (χ2n) is 6.77. The lowest BCUT2D eigenvalue weighted by atomic mass is 10.2. The first kappa shape index (κ1) is 22.3. The summed E-state index contributed by atoms with van der Waals surface area (Å²) in [5.74, 6) is 0.877. The van der Waals surface area contributed by atoms with E-state index in [9.17, 15) is 4.79 Å². The van der Waals surface area contributed by atoms with Crippen molar-refractivity contribution in [2.24, 2.45) is 0 Å². The fraction of sp³-hybridized carbons (Fsp3) is 0.130. The number of amides is 1. The Morgan fingerprint density at radius 2 is 1.97 bits per heavy atom. The summed E-state index contributed by atoms with van der Waals surface area (Å²) in [5.41, 5.74) is 3.30. The molecular formula is C23H19ClN4O2S2. The Kier molecular flexibility index (Phi) is 7.04. The largest absolute Gasteiger partial charge is 0.497 e. The van der Waals surface area contributed by atoms with E-state index in [2.05, 4.69) is 20.5 Å². The molecule has 1 N–H and O–H groups in total. The number of hydrogen-bond donors (Lipinski definition) is 1. The Morgan fingerprint density at radius 3 is 2.72 bits per heavy atom. The molecule has 0 aliphatic heterocycles. The molecular weight excluding hydrogens is 464 g/mol. The molecule has 2 aromatic carbocycles. The van der Waals surface area contributed by atoms with Gasteiger partial charge in [0.25, 0.3) is 0 Å². The number of thioether (sulfide) groups is 1. The van der Waals surface area contributed by atoms with Gasteiger partial charge in [0.1, 0.15) is 21.5 Å². The number of nitrogens with one attached hydrogen (secondary N) is 1. The number of benzene rings is 2. The summed E-state index contributed by atoms with van der Waals surface area (Å²) >= 11 is 8.83. The van der Waals surface area contributed by atoms with Gasteiger partial charge in [0, 0.05) is 16.3 Å². The SMILES string of the molecule is COc1cccc(-c2nc(C)c(-c3ccc(SCC(=O)Nc4cccc(Cl)c4)nn3)s2)c1. The van der Waals surface area contributed by atoms with E-state index in [0.29, 0.717) is 15.7 Å². The van der Waals surface area contributed by atoms with Crippen molar-refractivity contribution in [1.82, 2.24) is 15.2 Å². The van der Waals surface area contributed by atoms with Crippen molar-refractivity contribution in [3.8, 4) is 26.9 Å². The Hall–Kier alpha value is -2.94. The van der Waals surface area contributed by atoms with Crippen LogP contribution in [-0.2, 0) is 4.79 Å². The number of methoxy groups -OCH3 is 1. The minimum Gasteiger partial charge on any atom is -0.497 e. The lowest BCUT2D eigenvalue weighted by molar-refractivity contribution is -0.113. The average molecular weight is 483 g/mol. The first-order valence-electron chi connectivity index (χ1n) is 9.66. The minimum absolute atomic E-state index is 0.135. The van der Waals surface area contributed by atoms with Gasteiger partial charge in [-0.15, -0.1) is 21.5 Å². The Morgan fingerprint density at radius 1 is 1.12 bits per heavy atom. The number of anilines is 1. The molecule has 0 aliphatic carbocycles. The zero-order valence-electron chi connectivity index (χ0n) is 17.3. The summed E-state index contributed by atoms with van der Waals surface area (Å²) < 4.78 is 5.31. The van der Waals surface area contributed by atoms with Gasteiger partial charge in [0.05, 0.1) is 23.4 Å². The second-order valence-corrected chi connectivity index (χ2v) is 9.20. The number of halogens is 1. The number of hydrogen-bond acceptors (Lipinski definition) is 7. The quantitative estimate of drug-likeness (QED) is 0.327. The number of aromatic nitrogens is 3. The molecule has 0 unspecified atom stereocenters. The topological polar surface area (TPSA) is 77.0 Å². The van der Waals surface area contributed by atoms with Gasteiger partial charge in [-0.05, 0) is 49.4 Å². The fourth-order valence-electron chi connectivity index (χ4n) is 2.93. The molecule has 6 nitrogen and oxygen atoms in total. The van der Waals surface area contributed by atoms with E-state index in [1.54, 1.807) is 42.7 Å². The molecule has 0 atom stereocenters. The van der Waals surface area contributed by atoms with Gasteiger partial charge < -0.3 is 10.1 Å². The van der Waals surface area contributed by atoms with Gasteiger partial charge in [-0.1, -0.05) is 41.6 Å². The van der Waals surface area contributed by atoms with Crippen molar-refractivity contribution >= 4 is 46.3 Å². The molecule has 2 heterocycles. The van der Waals surface area contributed by atoms with Crippen molar-refractivity contribution in [3.63, 3.8) is 0 Å². The summed E-state index contributed by atoms with van der Waals surface area (Å²) in [4.78, 5) is 17.8. The minimum atomic E-state index is -0.135. The highest BCUT2D eigenvalue weighted by molar-refractivity contribution is 7.99. The molecule has 0 aliphatic rings. The zero-order chi connectivity index (χ0) is 22.5. The first-order valence-corrected chi connectivity index (χ1v) is 11.8. The van der Waals surface area contributed by atoms with E-state index in [1.165, 1.54) is 11.8 Å². The molecule has 0 radical (unpaired) electrons. The normalized spacial score (nSPS) is 10.7. The molecule has 162 valence electrons. The van der Waals surface area contributed by atoms with E-state index in [0.717, 1.165) is 32.6 Å². The smallest absolute Gasteiger partial charge is 0.234 e. The van der Waals surface area contributed by atoms with Crippen molar-refractivity contribution in [1.29, 1.82) is 0 Å². The Balaban J connectivity index is 1.41. The summed E-state index contributed by atoms with van der Waals surface area (Å²) in [6.07, 6.45) is 0. The number of carbonyl (C=O) groups excluding carboxylic acids is 1. The summed E-state index contributed by atoms with van der Waals surface area (Å²) in [5, 5.41) is 13.6. The van der Waals surface area contributed by atoms with Crippen molar-refractivity contribution in [2.45, 2.75) is 11.9 Å². The van der Waals surface area contributed by atoms with E-state index in [4.69, 9.17) is 16.3 Å². The molecule has 2 aromatic heterocycles. The van der Waals surface area contributed by atoms with Gasteiger partial charge in [-0.3, -0.25) is 4.79 Å². The van der Waals surface area contributed by atoms with Crippen LogP contribution < -0.4 is 10.1 Å². The number of rotatable bonds is 7. The van der Waals surface area contributed by atoms with Crippen LogP contribution in [0, 0.1) is 6.92 Å². The molecule has 4 aromatic rings. The summed E-state index contributed by atoms with van der Waals surface area (Å²) in [6, 6.07) is 18.6. The van der Waals surface area contributed by atoms with Gasteiger partial charge in [0.2, 0.25) is 5.91 Å². The number of ether oxygens (including phenoxy) is 1. The maximum atomic E-state index is 12.2. The van der Waals surface area contributed by atoms with E-state index >= 15 is 0 Å². The standard InChI is InChI=1S/C23H19ClN4O2S2/c1-14-22(32-23(25-14)15-5-3-8-18(11-15)30-2)19-9-10-21(28-27-19)31-13-20(29)26-17-7-4-6-16(24)12-17/h3-12H,13H2,1-2H3,(H,26,29). The van der Waals surface area contributed by atoms with Crippen LogP contribution in [0.3, 0.4) is 0 Å². The molecule has 9 heteroatoms. The lowest BCUT2D eigenvalue weighted by Crippen LogP contribution is -2.14. The highest BCUT2D eigenvalue weighted by Gasteiger charge is 2.14. The average Bonchev–Trinajstić information content (AvgIpc) is 3.20. The Labute approximate surface area is 199 Å². The van der Waals surface area contributed by atoms with Crippen LogP contribution in [0.25, 0.3) is 21.1 Å². The molecule has 0 spiro atoms. The predicted molar refractivity (Wildman–Crippen MR) is 131 cm³/mol. The van der Waals surface area contributed by atoms with Crippen molar-refractivity contribution in [3.05, 3.63) is 71.4 Å². The van der Waals surface area contributed by atoms with E-state index in [1.807, 2.05) is 43.3 Å².